The molecule has 3 aromatic rings. The van der Waals surface area contributed by atoms with Crippen molar-refractivity contribution >= 4 is 29.0 Å². The second-order valence-electron chi connectivity index (χ2n) is 7.67. The SMILES string of the molecule is CN(Cc1ccsc1)C(=O)CSc1nnc(-c2ccc(C(C)(C)C)cc2)n1N. The third-order valence-corrected chi connectivity index (χ3v) is 6.08. The van der Waals surface area contributed by atoms with Crippen LogP contribution in [0.5, 0.6) is 0 Å². The zero-order valence-electron chi connectivity index (χ0n) is 16.5. The number of benzene rings is 1. The molecule has 28 heavy (non-hydrogen) atoms. The fourth-order valence-electron chi connectivity index (χ4n) is 2.67. The van der Waals surface area contributed by atoms with Crippen LogP contribution in [0.4, 0.5) is 0 Å². The number of carbonyl (C=O) groups is 1. The van der Waals surface area contributed by atoms with E-state index in [1.54, 1.807) is 23.3 Å². The van der Waals surface area contributed by atoms with Crippen LogP contribution in [0.3, 0.4) is 0 Å². The summed E-state index contributed by atoms with van der Waals surface area (Å²) in [6, 6.07) is 10.2. The second-order valence-corrected chi connectivity index (χ2v) is 9.40. The molecule has 1 aromatic carbocycles. The highest BCUT2D eigenvalue weighted by Crippen LogP contribution is 2.26. The predicted octanol–water partition coefficient (Wildman–Crippen LogP) is 3.77. The van der Waals surface area contributed by atoms with E-state index in [1.165, 1.54) is 22.0 Å². The molecule has 3 rings (SSSR count). The van der Waals surface area contributed by atoms with E-state index in [0.29, 0.717) is 17.5 Å². The number of carbonyl (C=O) groups excluding carboxylic acids is 1. The Kier molecular flexibility index (Phi) is 6.10. The summed E-state index contributed by atoms with van der Waals surface area (Å²) in [6.45, 7) is 7.13. The molecule has 0 saturated heterocycles. The molecule has 2 heterocycles. The van der Waals surface area contributed by atoms with Crippen molar-refractivity contribution in [3.63, 3.8) is 0 Å². The van der Waals surface area contributed by atoms with Crippen molar-refractivity contribution in [3.8, 4) is 11.4 Å². The number of nitrogen functional groups attached to an aromatic ring is 1. The van der Waals surface area contributed by atoms with Gasteiger partial charge in [0.15, 0.2) is 5.82 Å². The molecular weight excluding hydrogens is 390 g/mol. The van der Waals surface area contributed by atoms with Crippen LogP contribution in [0, 0.1) is 0 Å². The van der Waals surface area contributed by atoms with Gasteiger partial charge in [-0.3, -0.25) is 4.79 Å². The highest BCUT2D eigenvalue weighted by atomic mass is 32.2. The van der Waals surface area contributed by atoms with Crippen molar-refractivity contribution in [2.75, 3.05) is 18.6 Å². The van der Waals surface area contributed by atoms with Crippen molar-refractivity contribution in [2.24, 2.45) is 0 Å². The predicted molar refractivity (Wildman–Crippen MR) is 116 cm³/mol. The Morgan fingerprint density at radius 2 is 1.93 bits per heavy atom. The quantitative estimate of drug-likeness (QED) is 0.490. The summed E-state index contributed by atoms with van der Waals surface area (Å²) in [5.41, 5.74) is 3.36. The Hall–Kier alpha value is -2.32. The van der Waals surface area contributed by atoms with E-state index < -0.39 is 0 Å². The summed E-state index contributed by atoms with van der Waals surface area (Å²) in [7, 11) is 1.80. The minimum atomic E-state index is 0.0234. The van der Waals surface area contributed by atoms with Crippen molar-refractivity contribution in [1.29, 1.82) is 0 Å². The third kappa shape index (κ3) is 4.74. The number of thioether (sulfide) groups is 1. The van der Waals surface area contributed by atoms with Gasteiger partial charge in [0.25, 0.3) is 0 Å². The molecule has 0 fully saturated rings. The molecular formula is C20H25N5OS2. The molecule has 148 valence electrons. The zero-order chi connectivity index (χ0) is 20.3. The molecule has 0 saturated carbocycles. The first kappa shape index (κ1) is 20.4. The van der Waals surface area contributed by atoms with E-state index in [4.69, 9.17) is 5.84 Å². The average Bonchev–Trinajstić information content (AvgIpc) is 3.29. The smallest absolute Gasteiger partial charge is 0.233 e. The van der Waals surface area contributed by atoms with Gasteiger partial charge in [-0.2, -0.15) is 11.3 Å². The van der Waals surface area contributed by atoms with Crippen LogP contribution in [0.15, 0.2) is 46.2 Å². The molecule has 0 unspecified atom stereocenters. The number of rotatable bonds is 6. The van der Waals surface area contributed by atoms with Crippen LogP contribution < -0.4 is 5.84 Å². The Balaban J connectivity index is 1.64. The van der Waals surface area contributed by atoms with Gasteiger partial charge in [0, 0.05) is 19.2 Å². The summed E-state index contributed by atoms with van der Waals surface area (Å²) >= 11 is 2.92. The number of nitrogens with two attached hydrogens (primary N) is 1. The lowest BCUT2D eigenvalue weighted by Crippen LogP contribution is -2.27. The third-order valence-electron chi connectivity index (χ3n) is 4.42. The van der Waals surface area contributed by atoms with E-state index in [2.05, 4.69) is 43.1 Å². The molecule has 2 N–H and O–H groups in total. The fraction of sp³-hybridized carbons (Fsp3) is 0.350. The maximum atomic E-state index is 12.4. The molecule has 0 radical (unpaired) electrons. The highest BCUT2D eigenvalue weighted by molar-refractivity contribution is 7.99. The first-order valence-electron chi connectivity index (χ1n) is 8.95. The van der Waals surface area contributed by atoms with Gasteiger partial charge in [0.2, 0.25) is 11.1 Å². The van der Waals surface area contributed by atoms with E-state index >= 15 is 0 Å². The molecule has 2 aromatic heterocycles. The van der Waals surface area contributed by atoms with Crippen molar-refractivity contribution < 1.29 is 4.79 Å². The van der Waals surface area contributed by atoms with E-state index in [-0.39, 0.29) is 17.1 Å². The van der Waals surface area contributed by atoms with E-state index in [1.807, 2.05) is 29.0 Å². The molecule has 0 aliphatic carbocycles. The van der Waals surface area contributed by atoms with Gasteiger partial charge in [0.1, 0.15) is 0 Å². The first-order valence-corrected chi connectivity index (χ1v) is 10.9. The summed E-state index contributed by atoms with van der Waals surface area (Å²) < 4.78 is 1.45. The maximum absolute atomic E-state index is 12.4. The molecule has 6 nitrogen and oxygen atoms in total. The minimum absolute atomic E-state index is 0.0234. The topological polar surface area (TPSA) is 77.0 Å². The van der Waals surface area contributed by atoms with Gasteiger partial charge in [-0.15, -0.1) is 10.2 Å². The number of nitrogens with zero attached hydrogens (tertiary/aromatic N) is 4. The summed E-state index contributed by atoms with van der Waals surface area (Å²) in [6.07, 6.45) is 0. The van der Waals surface area contributed by atoms with Crippen LogP contribution in [-0.2, 0) is 16.8 Å². The standard InChI is InChI=1S/C20H25N5OS2/c1-20(2,3)16-7-5-15(6-8-16)18-22-23-19(25(18)21)28-13-17(26)24(4)11-14-9-10-27-12-14/h5-10,12H,11,13,21H2,1-4H3. The fourth-order valence-corrected chi connectivity index (χ4v) is 4.13. The van der Waals surface area contributed by atoms with Crippen molar-refractivity contribution in [3.05, 3.63) is 52.2 Å². The van der Waals surface area contributed by atoms with Gasteiger partial charge >= 0.3 is 0 Å². The summed E-state index contributed by atoms with van der Waals surface area (Å²) in [5.74, 6) is 7.05. The lowest BCUT2D eigenvalue weighted by Gasteiger charge is -2.19. The van der Waals surface area contributed by atoms with Gasteiger partial charge in [-0.05, 0) is 33.4 Å². The van der Waals surface area contributed by atoms with Crippen LogP contribution in [0.25, 0.3) is 11.4 Å². The van der Waals surface area contributed by atoms with Crippen molar-refractivity contribution in [2.45, 2.75) is 37.9 Å². The largest absolute Gasteiger partial charge is 0.341 e. The normalized spacial score (nSPS) is 11.6. The summed E-state index contributed by atoms with van der Waals surface area (Å²) in [5, 5.41) is 12.9. The molecule has 0 aliphatic rings. The molecule has 1 amide bonds. The van der Waals surface area contributed by atoms with Crippen LogP contribution in [0.2, 0.25) is 0 Å². The maximum Gasteiger partial charge on any atom is 0.233 e. The monoisotopic (exact) mass is 415 g/mol. The zero-order valence-corrected chi connectivity index (χ0v) is 18.2. The van der Waals surface area contributed by atoms with Gasteiger partial charge in [-0.1, -0.05) is 56.8 Å². The molecule has 0 spiro atoms. The minimum Gasteiger partial charge on any atom is -0.341 e. The number of hydrogen-bond acceptors (Lipinski definition) is 6. The van der Waals surface area contributed by atoms with Gasteiger partial charge in [-0.25, -0.2) is 4.68 Å². The van der Waals surface area contributed by atoms with Gasteiger partial charge in [0.05, 0.1) is 5.75 Å². The summed E-state index contributed by atoms with van der Waals surface area (Å²) in [4.78, 5) is 14.1. The highest BCUT2D eigenvalue weighted by Gasteiger charge is 2.17. The number of thiophene rings is 1. The Bertz CT molecular complexity index is 927. The van der Waals surface area contributed by atoms with Gasteiger partial charge < -0.3 is 10.7 Å². The van der Waals surface area contributed by atoms with Crippen LogP contribution in [0.1, 0.15) is 31.9 Å². The number of aromatic nitrogens is 3. The molecule has 8 heteroatoms. The average molecular weight is 416 g/mol. The number of amides is 1. The van der Waals surface area contributed by atoms with Crippen LogP contribution in [-0.4, -0.2) is 38.5 Å². The Morgan fingerprint density at radius 3 is 2.54 bits per heavy atom. The lowest BCUT2D eigenvalue weighted by atomic mass is 9.87. The molecule has 0 aliphatic heterocycles. The van der Waals surface area contributed by atoms with E-state index in [9.17, 15) is 4.79 Å². The Labute approximate surface area is 173 Å². The van der Waals surface area contributed by atoms with E-state index in [0.717, 1.165) is 11.1 Å². The Morgan fingerprint density at radius 1 is 1.21 bits per heavy atom. The first-order chi connectivity index (χ1) is 13.3. The molecule has 0 atom stereocenters. The van der Waals surface area contributed by atoms with Crippen molar-refractivity contribution in [1.82, 2.24) is 19.8 Å². The van der Waals surface area contributed by atoms with Crippen LogP contribution >= 0.6 is 23.1 Å². The lowest BCUT2D eigenvalue weighted by molar-refractivity contribution is -0.127. The molecule has 0 bridgehead atoms. The second kappa shape index (κ2) is 8.36. The number of hydrogen-bond donors (Lipinski definition) is 1.